The normalized spacial score (nSPS) is 10.8. The molecule has 1 aromatic carbocycles. The van der Waals surface area contributed by atoms with Gasteiger partial charge in [0.2, 0.25) is 0 Å². The molecule has 0 bridgehead atoms. The molecule has 2 rings (SSSR count). The largest absolute Gasteiger partial charge is 0.489 e. The third-order valence-electron chi connectivity index (χ3n) is 2.39. The highest BCUT2D eigenvalue weighted by molar-refractivity contribution is 6.32. The summed E-state index contributed by atoms with van der Waals surface area (Å²) in [7, 11) is 0. The van der Waals surface area contributed by atoms with Gasteiger partial charge >= 0.3 is 0 Å². The first-order chi connectivity index (χ1) is 9.04. The second-order valence-corrected chi connectivity index (χ2v) is 5.15. The second-order valence-electron chi connectivity index (χ2n) is 4.37. The number of halogens is 2. The number of ether oxygens (including phenoxy) is 1. The van der Waals surface area contributed by atoms with Gasteiger partial charge in [-0.05, 0) is 55.8 Å². The lowest BCUT2D eigenvalue weighted by atomic mass is 10.3. The summed E-state index contributed by atoms with van der Waals surface area (Å²) < 4.78 is 10.8. The Kier molecular flexibility index (Phi) is 4.61. The van der Waals surface area contributed by atoms with E-state index in [0.29, 0.717) is 22.5 Å². The standard InChI is InChI=1S/C14H15Cl2NO2/c1-9(2)18-13-5-3-10(7-12(13)15)17-8-11-4-6-14(16)19-11/h3-7,9,17H,8H2,1-2H3. The second kappa shape index (κ2) is 6.22. The summed E-state index contributed by atoms with van der Waals surface area (Å²) in [5.41, 5.74) is 0.897. The minimum atomic E-state index is 0.0987. The fourth-order valence-electron chi connectivity index (χ4n) is 1.60. The zero-order valence-corrected chi connectivity index (χ0v) is 12.3. The lowest BCUT2D eigenvalue weighted by molar-refractivity contribution is 0.242. The van der Waals surface area contributed by atoms with Crippen LogP contribution in [0.4, 0.5) is 5.69 Å². The van der Waals surface area contributed by atoms with Gasteiger partial charge < -0.3 is 14.5 Å². The number of hydrogen-bond donors (Lipinski definition) is 1. The van der Waals surface area contributed by atoms with Crippen LogP contribution in [-0.2, 0) is 6.54 Å². The van der Waals surface area contributed by atoms with Crippen molar-refractivity contribution in [3.8, 4) is 5.75 Å². The van der Waals surface area contributed by atoms with Crippen molar-refractivity contribution in [3.05, 3.63) is 46.3 Å². The van der Waals surface area contributed by atoms with Crippen LogP contribution in [0.2, 0.25) is 10.2 Å². The van der Waals surface area contributed by atoms with Crippen molar-refractivity contribution in [1.82, 2.24) is 0 Å². The summed E-state index contributed by atoms with van der Waals surface area (Å²) >= 11 is 11.9. The maximum atomic E-state index is 6.15. The molecule has 3 nitrogen and oxygen atoms in total. The molecule has 0 aliphatic rings. The molecule has 1 heterocycles. The van der Waals surface area contributed by atoms with Crippen molar-refractivity contribution in [2.24, 2.45) is 0 Å². The van der Waals surface area contributed by atoms with Gasteiger partial charge in [-0.1, -0.05) is 11.6 Å². The van der Waals surface area contributed by atoms with Gasteiger partial charge in [-0.2, -0.15) is 0 Å². The zero-order chi connectivity index (χ0) is 13.8. The fraction of sp³-hybridized carbons (Fsp3) is 0.286. The molecule has 0 spiro atoms. The molecule has 0 saturated heterocycles. The molecule has 0 saturated carbocycles. The van der Waals surface area contributed by atoms with Crippen LogP contribution in [-0.4, -0.2) is 6.10 Å². The number of anilines is 1. The van der Waals surface area contributed by atoms with E-state index < -0.39 is 0 Å². The lowest BCUT2D eigenvalue weighted by Gasteiger charge is -2.12. The quantitative estimate of drug-likeness (QED) is 0.845. The maximum Gasteiger partial charge on any atom is 0.193 e. The highest BCUT2D eigenvalue weighted by Crippen LogP contribution is 2.28. The van der Waals surface area contributed by atoms with Crippen molar-refractivity contribution < 1.29 is 9.15 Å². The molecule has 0 aliphatic carbocycles. The third kappa shape index (κ3) is 4.08. The Morgan fingerprint density at radius 2 is 2.00 bits per heavy atom. The van der Waals surface area contributed by atoms with Crippen LogP contribution in [0.3, 0.4) is 0 Å². The summed E-state index contributed by atoms with van der Waals surface area (Å²) in [5, 5.41) is 4.17. The van der Waals surface area contributed by atoms with Crippen molar-refractivity contribution in [2.45, 2.75) is 26.5 Å². The molecule has 19 heavy (non-hydrogen) atoms. The SMILES string of the molecule is CC(C)Oc1ccc(NCc2ccc(Cl)o2)cc1Cl. The summed E-state index contributed by atoms with van der Waals surface area (Å²) in [5.74, 6) is 1.45. The zero-order valence-electron chi connectivity index (χ0n) is 10.7. The first kappa shape index (κ1) is 14.1. The van der Waals surface area contributed by atoms with Gasteiger partial charge in [0.05, 0.1) is 17.7 Å². The van der Waals surface area contributed by atoms with Gasteiger partial charge in [0.1, 0.15) is 11.5 Å². The Morgan fingerprint density at radius 3 is 2.58 bits per heavy atom. The Balaban J connectivity index is 1.99. The predicted octanol–water partition coefficient (Wildman–Crippen LogP) is 4.99. The van der Waals surface area contributed by atoms with Crippen LogP contribution in [0.5, 0.6) is 5.75 Å². The third-order valence-corrected chi connectivity index (χ3v) is 2.89. The molecule has 0 aliphatic heterocycles. The van der Waals surface area contributed by atoms with E-state index in [-0.39, 0.29) is 6.10 Å². The van der Waals surface area contributed by atoms with Crippen LogP contribution in [0, 0.1) is 0 Å². The van der Waals surface area contributed by atoms with E-state index in [1.165, 1.54) is 0 Å². The summed E-state index contributed by atoms with van der Waals surface area (Å²) in [6.07, 6.45) is 0.0987. The predicted molar refractivity (Wildman–Crippen MR) is 78.3 cm³/mol. The highest BCUT2D eigenvalue weighted by Gasteiger charge is 2.05. The van der Waals surface area contributed by atoms with E-state index in [1.807, 2.05) is 38.1 Å². The van der Waals surface area contributed by atoms with Gasteiger partial charge in [-0.25, -0.2) is 0 Å². The van der Waals surface area contributed by atoms with Crippen molar-refractivity contribution in [3.63, 3.8) is 0 Å². The topological polar surface area (TPSA) is 34.4 Å². The van der Waals surface area contributed by atoms with Crippen molar-refractivity contribution in [2.75, 3.05) is 5.32 Å². The molecular weight excluding hydrogens is 285 g/mol. The van der Waals surface area contributed by atoms with Gasteiger partial charge in [0, 0.05) is 5.69 Å². The van der Waals surface area contributed by atoms with E-state index in [1.54, 1.807) is 6.07 Å². The number of hydrogen-bond acceptors (Lipinski definition) is 3. The van der Waals surface area contributed by atoms with E-state index in [9.17, 15) is 0 Å². The Labute approximate surface area is 122 Å². The molecule has 0 unspecified atom stereocenters. The van der Waals surface area contributed by atoms with Crippen LogP contribution in [0.25, 0.3) is 0 Å². The molecule has 1 N–H and O–H groups in total. The molecule has 1 aromatic heterocycles. The number of nitrogens with one attached hydrogen (secondary N) is 1. The maximum absolute atomic E-state index is 6.15. The van der Waals surface area contributed by atoms with Gasteiger partial charge in [-0.15, -0.1) is 0 Å². The molecular formula is C14H15Cl2NO2. The Morgan fingerprint density at radius 1 is 1.21 bits per heavy atom. The molecule has 0 radical (unpaired) electrons. The first-order valence-corrected chi connectivity index (χ1v) is 6.74. The van der Waals surface area contributed by atoms with Crippen molar-refractivity contribution in [1.29, 1.82) is 0 Å². The average molecular weight is 300 g/mol. The minimum absolute atomic E-state index is 0.0987. The summed E-state index contributed by atoms with van der Waals surface area (Å²) in [6, 6.07) is 9.12. The first-order valence-electron chi connectivity index (χ1n) is 5.99. The van der Waals surface area contributed by atoms with Gasteiger partial charge in [0.25, 0.3) is 0 Å². The average Bonchev–Trinajstić information content (AvgIpc) is 2.75. The monoisotopic (exact) mass is 299 g/mol. The van der Waals surface area contributed by atoms with Gasteiger partial charge in [0.15, 0.2) is 5.22 Å². The molecule has 102 valence electrons. The highest BCUT2D eigenvalue weighted by atomic mass is 35.5. The summed E-state index contributed by atoms with van der Waals surface area (Å²) in [4.78, 5) is 0. The van der Waals surface area contributed by atoms with Crippen LogP contribution < -0.4 is 10.1 Å². The smallest absolute Gasteiger partial charge is 0.193 e. The lowest BCUT2D eigenvalue weighted by Crippen LogP contribution is -2.06. The van der Waals surface area contributed by atoms with Crippen LogP contribution in [0.15, 0.2) is 34.7 Å². The Hall–Kier alpha value is -1.32. The van der Waals surface area contributed by atoms with E-state index in [0.717, 1.165) is 11.4 Å². The molecule has 5 heteroatoms. The summed E-state index contributed by atoms with van der Waals surface area (Å²) in [6.45, 7) is 4.47. The van der Waals surface area contributed by atoms with Crippen LogP contribution >= 0.6 is 23.2 Å². The van der Waals surface area contributed by atoms with E-state index in [4.69, 9.17) is 32.4 Å². The number of rotatable bonds is 5. The van der Waals surface area contributed by atoms with Gasteiger partial charge in [-0.3, -0.25) is 0 Å². The fourth-order valence-corrected chi connectivity index (χ4v) is 1.98. The number of furan rings is 1. The van der Waals surface area contributed by atoms with Crippen LogP contribution in [0.1, 0.15) is 19.6 Å². The molecule has 0 atom stereocenters. The molecule has 0 fully saturated rings. The minimum Gasteiger partial charge on any atom is -0.489 e. The van der Waals surface area contributed by atoms with E-state index >= 15 is 0 Å². The number of benzene rings is 1. The molecule has 0 amide bonds. The van der Waals surface area contributed by atoms with Crippen molar-refractivity contribution >= 4 is 28.9 Å². The Bertz CT molecular complexity index is 552. The van der Waals surface area contributed by atoms with E-state index in [2.05, 4.69) is 5.32 Å². The molecule has 2 aromatic rings.